The summed E-state index contributed by atoms with van der Waals surface area (Å²) in [6, 6.07) is 0. The molecule has 7 nitrogen and oxygen atoms in total. The molecule has 0 spiro atoms. The summed E-state index contributed by atoms with van der Waals surface area (Å²) in [5, 5.41) is 20.1. The van der Waals surface area contributed by atoms with Crippen molar-refractivity contribution in [2.24, 2.45) is 13.0 Å². The summed E-state index contributed by atoms with van der Waals surface area (Å²) >= 11 is 1.45. The zero-order chi connectivity index (χ0) is 15.5. The number of carbonyl (C=O) groups is 1. The Hall–Kier alpha value is -1.80. The van der Waals surface area contributed by atoms with Gasteiger partial charge in [-0.3, -0.25) is 9.48 Å². The fraction of sp³-hybridized carbons (Fsp3) is 0.571. The Bertz CT molecular complexity index is 651. The Kier molecular flexibility index (Phi) is 4.49. The number of hydrogen-bond acceptors (Lipinski definition) is 6. The number of nitrogens with one attached hydrogen (secondary N) is 2. The summed E-state index contributed by atoms with van der Waals surface area (Å²) in [6.07, 6.45) is 5.74. The van der Waals surface area contributed by atoms with Crippen LogP contribution in [-0.2, 0) is 18.3 Å². The molecule has 1 aliphatic heterocycles. The lowest BCUT2D eigenvalue weighted by Gasteiger charge is -2.15. The van der Waals surface area contributed by atoms with Crippen LogP contribution in [-0.4, -0.2) is 39.0 Å². The van der Waals surface area contributed by atoms with Crippen LogP contribution in [0, 0.1) is 5.92 Å². The number of aromatic nitrogens is 4. The molecule has 2 aromatic heterocycles. The Morgan fingerprint density at radius 1 is 1.50 bits per heavy atom. The van der Waals surface area contributed by atoms with E-state index in [9.17, 15) is 4.79 Å². The maximum atomic E-state index is 12.5. The molecule has 2 N–H and O–H groups in total. The Morgan fingerprint density at radius 2 is 2.36 bits per heavy atom. The maximum absolute atomic E-state index is 12.5. The van der Waals surface area contributed by atoms with Crippen LogP contribution in [0.4, 0.5) is 5.13 Å². The summed E-state index contributed by atoms with van der Waals surface area (Å²) in [5.41, 5.74) is 1.09. The topological polar surface area (TPSA) is 84.7 Å². The van der Waals surface area contributed by atoms with E-state index in [4.69, 9.17) is 0 Å². The van der Waals surface area contributed by atoms with Gasteiger partial charge < -0.3 is 10.6 Å². The summed E-state index contributed by atoms with van der Waals surface area (Å²) in [4.78, 5) is 12.5. The Balaban J connectivity index is 1.67. The summed E-state index contributed by atoms with van der Waals surface area (Å²) in [5.74, 6) is 0.0394. The van der Waals surface area contributed by atoms with Crippen LogP contribution in [0.2, 0.25) is 0 Å². The number of aryl methyl sites for hydroxylation is 2. The van der Waals surface area contributed by atoms with E-state index in [1.807, 2.05) is 19.4 Å². The molecule has 0 saturated carbocycles. The highest BCUT2D eigenvalue weighted by molar-refractivity contribution is 7.15. The van der Waals surface area contributed by atoms with Gasteiger partial charge in [0.2, 0.25) is 11.0 Å². The van der Waals surface area contributed by atoms with Crippen LogP contribution in [0.1, 0.15) is 29.8 Å². The fourth-order valence-electron chi connectivity index (χ4n) is 2.75. The van der Waals surface area contributed by atoms with Gasteiger partial charge in [0.25, 0.3) is 0 Å². The van der Waals surface area contributed by atoms with E-state index in [0.717, 1.165) is 30.0 Å². The van der Waals surface area contributed by atoms with E-state index < -0.39 is 0 Å². The molecular weight excluding hydrogens is 300 g/mol. The van der Waals surface area contributed by atoms with Gasteiger partial charge >= 0.3 is 0 Å². The van der Waals surface area contributed by atoms with Crippen LogP contribution in [0.5, 0.6) is 0 Å². The van der Waals surface area contributed by atoms with Crippen LogP contribution in [0.3, 0.4) is 0 Å². The average Bonchev–Trinajstić information content (AvgIpc) is 3.19. The van der Waals surface area contributed by atoms with Crippen molar-refractivity contribution in [1.29, 1.82) is 0 Å². The molecule has 8 heteroatoms. The number of hydrogen-bond donors (Lipinski definition) is 2. The molecule has 0 aliphatic carbocycles. The normalized spacial score (nSPS) is 21.2. The summed E-state index contributed by atoms with van der Waals surface area (Å²) < 4.78 is 1.77. The first kappa shape index (κ1) is 15.1. The Morgan fingerprint density at radius 3 is 3.09 bits per heavy atom. The molecule has 118 valence electrons. The van der Waals surface area contributed by atoms with Crippen LogP contribution >= 0.6 is 11.3 Å². The fourth-order valence-corrected chi connectivity index (χ4v) is 3.60. The van der Waals surface area contributed by atoms with Crippen molar-refractivity contribution in [1.82, 2.24) is 25.3 Å². The molecule has 1 saturated heterocycles. The SMILES string of the molecule is CCCc1nnc(NC(=O)[C@H]2CNC[C@@H]2c2cnn(C)c2)s1. The van der Waals surface area contributed by atoms with Crippen molar-refractivity contribution in [2.45, 2.75) is 25.7 Å². The number of rotatable bonds is 5. The molecule has 0 unspecified atom stereocenters. The zero-order valence-corrected chi connectivity index (χ0v) is 13.6. The van der Waals surface area contributed by atoms with Gasteiger partial charge in [0, 0.05) is 38.7 Å². The lowest BCUT2D eigenvalue weighted by atomic mass is 9.90. The standard InChI is InChI=1S/C14H20N6OS/c1-3-4-12-18-19-14(22-12)17-13(21)11-7-15-6-10(11)9-5-16-20(2)8-9/h5,8,10-11,15H,3-4,6-7H2,1-2H3,(H,17,19,21)/t10-,11+/m1/s1. The second-order valence-electron chi connectivity index (χ2n) is 5.56. The van der Waals surface area contributed by atoms with E-state index in [-0.39, 0.29) is 17.7 Å². The first-order chi connectivity index (χ1) is 10.7. The summed E-state index contributed by atoms with van der Waals surface area (Å²) in [6.45, 7) is 3.56. The van der Waals surface area contributed by atoms with Crippen LogP contribution in [0.25, 0.3) is 0 Å². The monoisotopic (exact) mass is 320 g/mol. The van der Waals surface area contributed by atoms with Crippen molar-refractivity contribution >= 4 is 22.4 Å². The number of nitrogens with zero attached hydrogens (tertiary/aromatic N) is 4. The van der Waals surface area contributed by atoms with E-state index in [1.54, 1.807) is 4.68 Å². The van der Waals surface area contributed by atoms with Crippen molar-refractivity contribution in [3.8, 4) is 0 Å². The molecule has 2 atom stereocenters. The predicted molar refractivity (Wildman–Crippen MR) is 84.8 cm³/mol. The van der Waals surface area contributed by atoms with E-state index >= 15 is 0 Å². The van der Waals surface area contributed by atoms with Crippen LogP contribution in [0.15, 0.2) is 12.4 Å². The van der Waals surface area contributed by atoms with Gasteiger partial charge in [-0.2, -0.15) is 5.10 Å². The second kappa shape index (κ2) is 6.53. The quantitative estimate of drug-likeness (QED) is 0.864. The van der Waals surface area contributed by atoms with E-state index in [0.29, 0.717) is 11.7 Å². The zero-order valence-electron chi connectivity index (χ0n) is 12.7. The minimum absolute atomic E-state index is 0.00180. The predicted octanol–water partition coefficient (Wildman–Crippen LogP) is 1.17. The van der Waals surface area contributed by atoms with Crippen molar-refractivity contribution in [3.05, 3.63) is 23.0 Å². The molecule has 0 radical (unpaired) electrons. The minimum Gasteiger partial charge on any atom is -0.315 e. The van der Waals surface area contributed by atoms with Crippen LogP contribution < -0.4 is 10.6 Å². The molecule has 3 heterocycles. The molecule has 0 bridgehead atoms. The van der Waals surface area contributed by atoms with Gasteiger partial charge in [-0.05, 0) is 12.0 Å². The minimum atomic E-state index is -0.109. The smallest absolute Gasteiger partial charge is 0.231 e. The largest absolute Gasteiger partial charge is 0.315 e. The third kappa shape index (κ3) is 3.17. The van der Waals surface area contributed by atoms with Gasteiger partial charge in [-0.25, -0.2) is 0 Å². The number of anilines is 1. The molecule has 1 fully saturated rings. The molecule has 1 amide bonds. The first-order valence-corrected chi connectivity index (χ1v) is 8.31. The van der Waals surface area contributed by atoms with Gasteiger partial charge in [-0.1, -0.05) is 18.3 Å². The molecule has 1 aliphatic rings. The Labute approximate surface area is 133 Å². The second-order valence-corrected chi connectivity index (χ2v) is 6.62. The lowest BCUT2D eigenvalue weighted by molar-refractivity contribution is -0.119. The molecule has 2 aromatic rings. The average molecular weight is 320 g/mol. The summed E-state index contributed by atoms with van der Waals surface area (Å²) in [7, 11) is 1.89. The highest BCUT2D eigenvalue weighted by atomic mass is 32.1. The van der Waals surface area contributed by atoms with Crippen molar-refractivity contribution in [3.63, 3.8) is 0 Å². The van der Waals surface area contributed by atoms with E-state index in [1.165, 1.54) is 11.3 Å². The van der Waals surface area contributed by atoms with Gasteiger partial charge in [0.15, 0.2) is 0 Å². The number of carbonyl (C=O) groups excluding carboxylic acids is 1. The lowest BCUT2D eigenvalue weighted by Crippen LogP contribution is -2.28. The van der Waals surface area contributed by atoms with Gasteiger partial charge in [0.1, 0.15) is 5.01 Å². The highest BCUT2D eigenvalue weighted by Gasteiger charge is 2.35. The maximum Gasteiger partial charge on any atom is 0.231 e. The van der Waals surface area contributed by atoms with Crippen molar-refractivity contribution < 1.29 is 4.79 Å². The first-order valence-electron chi connectivity index (χ1n) is 7.50. The third-order valence-electron chi connectivity index (χ3n) is 3.86. The van der Waals surface area contributed by atoms with E-state index in [2.05, 4.69) is 32.9 Å². The molecule has 22 heavy (non-hydrogen) atoms. The highest BCUT2D eigenvalue weighted by Crippen LogP contribution is 2.29. The van der Waals surface area contributed by atoms with Gasteiger partial charge in [-0.15, -0.1) is 10.2 Å². The molecule has 0 aromatic carbocycles. The molecule has 3 rings (SSSR count). The number of amides is 1. The third-order valence-corrected chi connectivity index (χ3v) is 4.76. The van der Waals surface area contributed by atoms with Gasteiger partial charge in [0.05, 0.1) is 12.1 Å². The van der Waals surface area contributed by atoms with Crippen molar-refractivity contribution in [2.75, 3.05) is 18.4 Å². The molecular formula is C14H20N6OS.